The zero-order valence-electron chi connectivity index (χ0n) is 13.5. The Kier molecular flexibility index (Phi) is 4.79. The quantitative estimate of drug-likeness (QED) is 0.912. The lowest BCUT2D eigenvalue weighted by atomic mass is 9.91. The van der Waals surface area contributed by atoms with Crippen LogP contribution in [-0.4, -0.2) is 42.6 Å². The maximum absolute atomic E-state index is 12.9. The van der Waals surface area contributed by atoms with E-state index in [9.17, 15) is 4.79 Å². The maximum atomic E-state index is 12.9. The van der Waals surface area contributed by atoms with Gasteiger partial charge in [-0.2, -0.15) is 0 Å². The summed E-state index contributed by atoms with van der Waals surface area (Å²) in [5, 5.41) is 3.42. The van der Waals surface area contributed by atoms with Gasteiger partial charge in [0.05, 0.1) is 19.2 Å². The second kappa shape index (κ2) is 6.80. The summed E-state index contributed by atoms with van der Waals surface area (Å²) in [6, 6.07) is 10.8. The van der Waals surface area contributed by atoms with Crippen molar-refractivity contribution in [2.45, 2.75) is 44.9 Å². The Labute approximate surface area is 132 Å². The number of morpholine rings is 1. The SMILES string of the molecule is CC1COC(c2ccccc2)CN1C(=O)[C@H]1CCN[C@@H](C)C1. The average Bonchev–Trinajstić information content (AvgIpc) is 2.55. The fourth-order valence-electron chi connectivity index (χ4n) is 3.52. The van der Waals surface area contributed by atoms with Crippen molar-refractivity contribution in [3.8, 4) is 0 Å². The molecular formula is C18H26N2O2. The third-order valence-corrected chi connectivity index (χ3v) is 4.86. The summed E-state index contributed by atoms with van der Waals surface area (Å²) in [6.45, 7) is 6.48. The number of amides is 1. The predicted molar refractivity (Wildman–Crippen MR) is 86.5 cm³/mol. The van der Waals surface area contributed by atoms with E-state index in [1.807, 2.05) is 23.1 Å². The maximum Gasteiger partial charge on any atom is 0.226 e. The van der Waals surface area contributed by atoms with Gasteiger partial charge < -0.3 is 15.0 Å². The van der Waals surface area contributed by atoms with E-state index in [1.54, 1.807) is 0 Å². The van der Waals surface area contributed by atoms with Crippen LogP contribution in [0.4, 0.5) is 0 Å². The largest absolute Gasteiger partial charge is 0.370 e. The van der Waals surface area contributed by atoms with Gasteiger partial charge in [-0.05, 0) is 38.8 Å². The molecule has 2 unspecified atom stereocenters. The Morgan fingerprint density at radius 1 is 1.27 bits per heavy atom. The molecule has 4 atom stereocenters. The van der Waals surface area contributed by atoms with Gasteiger partial charge in [-0.25, -0.2) is 0 Å². The summed E-state index contributed by atoms with van der Waals surface area (Å²) in [5.41, 5.74) is 1.16. The first-order valence-electron chi connectivity index (χ1n) is 8.35. The molecule has 0 aliphatic carbocycles. The lowest BCUT2D eigenvalue weighted by Crippen LogP contribution is -2.52. The molecule has 2 aliphatic rings. The third kappa shape index (κ3) is 3.33. The number of piperidine rings is 1. The molecule has 2 saturated heterocycles. The molecule has 2 heterocycles. The van der Waals surface area contributed by atoms with Gasteiger partial charge in [0.15, 0.2) is 0 Å². The van der Waals surface area contributed by atoms with Crippen LogP contribution >= 0.6 is 0 Å². The van der Waals surface area contributed by atoms with E-state index < -0.39 is 0 Å². The number of ether oxygens (including phenoxy) is 1. The van der Waals surface area contributed by atoms with E-state index in [0.717, 1.165) is 24.9 Å². The van der Waals surface area contributed by atoms with E-state index in [1.165, 1.54) is 0 Å². The van der Waals surface area contributed by atoms with Crippen LogP contribution in [0.1, 0.15) is 38.4 Å². The molecule has 0 spiro atoms. The monoisotopic (exact) mass is 302 g/mol. The van der Waals surface area contributed by atoms with E-state index in [4.69, 9.17) is 4.74 Å². The van der Waals surface area contributed by atoms with E-state index in [0.29, 0.717) is 25.1 Å². The Balaban J connectivity index is 1.70. The van der Waals surface area contributed by atoms with Gasteiger partial charge in [0.25, 0.3) is 0 Å². The van der Waals surface area contributed by atoms with Crippen molar-refractivity contribution >= 4 is 5.91 Å². The highest BCUT2D eigenvalue weighted by molar-refractivity contribution is 5.79. The molecule has 4 heteroatoms. The molecule has 0 bridgehead atoms. The minimum atomic E-state index is 0.000453. The summed E-state index contributed by atoms with van der Waals surface area (Å²) < 4.78 is 5.96. The van der Waals surface area contributed by atoms with Gasteiger partial charge in [0.2, 0.25) is 5.91 Å². The van der Waals surface area contributed by atoms with Crippen molar-refractivity contribution in [3.63, 3.8) is 0 Å². The molecule has 1 aromatic carbocycles. The normalized spacial score (nSPS) is 32.7. The summed E-state index contributed by atoms with van der Waals surface area (Å²) in [4.78, 5) is 15.0. The smallest absolute Gasteiger partial charge is 0.226 e. The Bertz CT molecular complexity index is 505. The topological polar surface area (TPSA) is 41.6 Å². The standard InChI is InChI=1S/C18H26N2O2/c1-13-10-16(8-9-19-13)18(21)20-11-17(22-12-14(20)2)15-6-4-3-5-7-15/h3-7,13-14,16-17,19H,8-12H2,1-2H3/t13-,14?,16-,17?/m0/s1. The van der Waals surface area contributed by atoms with Crippen molar-refractivity contribution < 1.29 is 9.53 Å². The summed E-state index contributed by atoms with van der Waals surface area (Å²) in [5.74, 6) is 0.471. The number of carbonyl (C=O) groups excluding carboxylic acids is 1. The third-order valence-electron chi connectivity index (χ3n) is 4.86. The first-order chi connectivity index (χ1) is 10.6. The van der Waals surface area contributed by atoms with Crippen LogP contribution in [0.25, 0.3) is 0 Å². The molecule has 120 valence electrons. The van der Waals surface area contributed by atoms with E-state index in [2.05, 4.69) is 31.3 Å². The molecule has 2 aliphatic heterocycles. The summed E-state index contributed by atoms with van der Waals surface area (Å²) >= 11 is 0. The van der Waals surface area contributed by atoms with Crippen molar-refractivity contribution in [2.75, 3.05) is 19.7 Å². The molecule has 3 rings (SSSR count). The minimum Gasteiger partial charge on any atom is -0.370 e. The number of rotatable bonds is 2. The van der Waals surface area contributed by atoms with Gasteiger partial charge in [0.1, 0.15) is 6.10 Å². The van der Waals surface area contributed by atoms with Crippen LogP contribution in [0.2, 0.25) is 0 Å². The highest BCUT2D eigenvalue weighted by atomic mass is 16.5. The summed E-state index contributed by atoms with van der Waals surface area (Å²) in [7, 11) is 0. The Morgan fingerprint density at radius 2 is 2.05 bits per heavy atom. The number of carbonyl (C=O) groups is 1. The van der Waals surface area contributed by atoms with Gasteiger partial charge in [-0.1, -0.05) is 30.3 Å². The van der Waals surface area contributed by atoms with Crippen LogP contribution in [0, 0.1) is 5.92 Å². The lowest BCUT2D eigenvalue weighted by molar-refractivity contribution is -0.150. The molecule has 2 fully saturated rings. The molecule has 0 radical (unpaired) electrons. The van der Waals surface area contributed by atoms with E-state index >= 15 is 0 Å². The van der Waals surface area contributed by atoms with Crippen molar-refractivity contribution in [1.29, 1.82) is 0 Å². The Morgan fingerprint density at radius 3 is 2.77 bits per heavy atom. The number of benzene rings is 1. The van der Waals surface area contributed by atoms with Gasteiger partial charge in [-0.15, -0.1) is 0 Å². The van der Waals surface area contributed by atoms with Crippen LogP contribution in [0.15, 0.2) is 30.3 Å². The molecule has 0 aromatic heterocycles. The molecule has 1 N–H and O–H groups in total. The molecule has 1 aromatic rings. The predicted octanol–water partition coefficient (Wildman–Crippen LogP) is 2.36. The first-order valence-corrected chi connectivity index (χ1v) is 8.35. The second-order valence-electron chi connectivity index (χ2n) is 6.65. The highest BCUT2D eigenvalue weighted by Gasteiger charge is 2.35. The van der Waals surface area contributed by atoms with Crippen molar-refractivity contribution in [2.24, 2.45) is 5.92 Å². The molecule has 22 heavy (non-hydrogen) atoms. The zero-order valence-corrected chi connectivity index (χ0v) is 13.5. The first kappa shape index (κ1) is 15.5. The number of nitrogens with one attached hydrogen (secondary N) is 1. The number of hydrogen-bond donors (Lipinski definition) is 1. The fraction of sp³-hybridized carbons (Fsp3) is 0.611. The van der Waals surface area contributed by atoms with Crippen LogP contribution in [0.5, 0.6) is 0 Å². The van der Waals surface area contributed by atoms with Gasteiger partial charge in [-0.3, -0.25) is 4.79 Å². The van der Waals surface area contributed by atoms with Crippen LogP contribution < -0.4 is 5.32 Å². The average molecular weight is 302 g/mol. The zero-order chi connectivity index (χ0) is 15.5. The van der Waals surface area contributed by atoms with Gasteiger partial charge >= 0.3 is 0 Å². The van der Waals surface area contributed by atoms with Crippen LogP contribution in [-0.2, 0) is 9.53 Å². The molecular weight excluding hydrogens is 276 g/mol. The van der Waals surface area contributed by atoms with Crippen LogP contribution in [0.3, 0.4) is 0 Å². The molecule has 0 saturated carbocycles. The highest BCUT2D eigenvalue weighted by Crippen LogP contribution is 2.28. The number of nitrogens with zero attached hydrogens (tertiary/aromatic N) is 1. The van der Waals surface area contributed by atoms with Crippen molar-refractivity contribution in [1.82, 2.24) is 10.2 Å². The number of hydrogen-bond acceptors (Lipinski definition) is 3. The van der Waals surface area contributed by atoms with E-state index in [-0.39, 0.29) is 18.1 Å². The minimum absolute atomic E-state index is 0.000453. The Hall–Kier alpha value is -1.39. The van der Waals surface area contributed by atoms with Crippen molar-refractivity contribution in [3.05, 3.63) is 35.9 Å². The molecule has 1 amide bonds. The second-order valence-corrected chi connectivity index (χ2v) is 6.65. The lowest BCUT2D eigenvalue weighted by Gasteiger charge is -2.41. The molecule has 4 nitrogen and oxygen atoms in total. The summed E-state index contributed by atoms with van der Waals surface area (Å²) in [6.07, 6.45) is 1.89. The van der Waals surface area contributed by atoms with Gasteiger partial charge in [0, 0.05) is 12.0 Å². The fourth-order valence-corrected chi connectivity index (χ4v) is 3.52.